The Kier molecular flexibility index (Phi) is 6.24. The van der Waals surface area contributed by atoms with Gasteiger partial charge in [-0.3, -0.25) is 9.59 Å². The first-order chi connectivity index (χ1) is 12.0. The summed E-state index contributed by atoms with van der Waals surface area (Å²) in [7, 11) is 0. The van der Waals surface area contributed by atoms with Gasteiger partial charge in [-0.1, -0.05) is 30.3 Å². The van der Waals surface area contributed by atoms with E-state index < -0.39 is 17.5 Å². The van der Waals surface area contributed by atoms with Crippen molar-refractivity contribution in [3.8, 4) is 11.8 Å². The highest BCUT2D eigenvalue weighted by Gasteiger charge is 2.19. The molecule has 1 N–H and O–H groups in total. The molecule has 0 radical (unpaired) electrons. The Labute approximate surface area is 145 Å². The molecule has 1 aromatic carbocycles. The number of benzene rings is 1. The van der Waals surface area contributed by atoms with Crippen LogP contribution in [0.1, 0.15) is 47.1 Å². The van der Waals surface area contributed by atoms with Crippen LogP contribution in [0.25, 0.3) is 0 Å². The summed E-state index contributed by atoms with van der Waals surface area (Å²) in [4.78, 5) is 27.8. The van der Waals surface area contributed by atoms with Crippen molar-refractivity contribution in [1.82, 2.24) is 4.98 Å². The van der Waals surface area contributed by atoms with E-state index in [1.165, 1.54) is 6.07 Å². The van der Waals surface area contributed by atoms with Gasteiger partial charge in [-0.05, 0) is 18.6 Å². The molecule has 0 saturated heterocycles. The highest BCUT2D eigenvalue weighted by molar-refractivity contribution is 6.00. The molecule has 0 unspecified atom stereocenters. The predicted molar refractivity (Wildman–Crippen MR) is 90.1 cm³/mol. The number of carbonyl (C=O) groups is 2. The molecule has 6 heteroatoms. The normalized spacial score (nSPS) is 10.1. The Bertz CT molecular complexity index is 810. The fraction of sp³-hybridized carbons (Fsp3) is 0.263. The molecule has 6 nitrogen and oxygen atoms in total. The van der Waals surface area contributed by atoms with Gasteiger partial charge in [0, 0.05) is 18.5 Å². The van der Waals surface area contributed by atoms with Crippen LogP contribution >= 0.6 is 0 Å². The minimum atomic E-state index is -0.477. The molecule has 0 atom stereocenters. The van der Waals surface area contributed by atoms with Gasteiger partial charge in [0.2, 0.25) is 0 Å². The largest absolute Gasteiger partial charge is 0.504 e. The zero-order valence-corrected chi connectivity index (χ0v) is 13.9. The van der Waals surface area contributed by atoms with E-state index in [-0.39, 0.29) is 30.7 Å². The van der Waals surface area contributed by atoms with Crippen LogP contribution in [0.2, 0.25) is 0 Å². The minimum absolute atomic E-state index is 0.00165. The molecule has 2 aromatic rings. The quantitative estimate of drug-likeness (QED) is 0.615. The van der Waals surface area contributed by atoms with Crippen molar-refractivity contribution in [3.05, 3.63) is 58.9 Å². The number of rotatable bonds is 7. The molecule has 128 valence electrons. The van der Waals surface area contributed by atoms with Crippen LogP contribution in [0, 0.1) is 11.3 Å². The fourth-order valence-corrected chi connectivity index (χ4v) is 2.36. The standard InChI is InChI=1S/C19H18N2O4/c1-2-25-18(23)9-8-17(22)15-11-14(21-16(12-20)19(15)24)10-13-6-4-3-5-7-13/h3-7,11,24H,2,8-10H2,1H3. The third kappa shape index (κ3) is 4.88. The van der Waals surface area contributed by atoms with Crippen LogP contribution in [0.4, 0.5) is 0 Å². The number of hydrogen-bond donors (Lipinski definition) is 1. The SMILES string of the molecule is CCOC(=O)CCC(=O)c1cc(Cc2ccccc2)nc(C#N)c1O. The highest BCUT2D eigenvalue weighted by Crippen LogP contribution is 2.24. The van der Waals surface area contributed by atoms with Crippen LogP contribution in [-0.4, -0.2) is 28.4 Å². The molecule has 2 rings (SSSR count). The number of esters is 1. The van der Waals surface area contributed by atoms with E-state index in [0.29, 0.717) is 12.1 Å². The number of hydrogen-bond acceptors (Lipinski definition) is 6. The maximum Gasteiger partial charge on any atom is 0.306 e. The molecular formula is C19H18N2O4. The molecule has 0 saturated carbocycles. The summed E-state index contributed by atoms with van der Waals surface area (Å²) >= 11 is 0. The van der Waals surface area contributed by atoms with Gasteiger partial charge < -0.3 is 9.84 Å². The van der Waals surface area contributed by atoms with Gasteiger partial charge in [-0.2, -0.15) is 5.26 Å². The average Bonchev–Trinajstić information content (AvgIpc) is 2.62. The first-order valence-electron chi connectivity index (χ1n) is 7.90. The molecule has 0 amide bonds. The molecule has 1 heterocycles. The predicted octanol–water partition coefficient (Wildman–Crippen LogP) is 2.78. The second-order valence-electron chi connectivity index (χ2n) is 5.36. The van der Waals surface area contributed by atoms with E-state index in [4.69, 9.17) is 10.00 Å². The summed E-state index contributed by atoms with van der Waals surface area (Å²) < 4.78 is 4.79. The Morgan fingerprint density at radius 3 is 2.60 bits per heavy atom. The number of ketones is 1. The third-order valence-electron chi connectivity index (χ3n) is 3.54. The lowest BCUT2D eigenvalue weighted by atomic mass is 10.0. The first kappa shape index (κ1) is 18.1. The summed E-state index contributed by atoms with van der Waals surface area (Å²) in [6.45, 7) is 1.93. The molecule has 0 aliphatic carbocycles. The fourth-order valence-electron chi connectivity index (χ4n) is 2.36. The zero-order valence-electron chi connectivity index (χ0n) is 13.9. The second-order valence-corrected chi connectivity index (χ2v) is 5.36. The van der Waals surface area contributed by atoms with Gasteiger partial charge in [0.25, 0.3) is 0 Å². The van der Waals surface area contributed by atoms with E-state index in [1.807, 2.05) is 30.3 Å². The summed E-state index contributed by atoms with van der Waals surface area (Å²) in [6.07, 6.45) is 0.240. The van der Waals surface area contributed by atoms with Crippen LogP contribution in [0.3, 0.4) is 0 Å². The van der Waals surface area contributed by atoms with Crippen molar-refractivity contribution in [2.75, 3.05) is 6.61 Å². The summed E-state index contributed by atoms with van der Waals surface area (Å²) in [5, 5.41) is 19.2. The smallest absolute Gasteiger partial charge is 0.306 e. The zero-order chi connectivity index (χ0) is 18.2. The number of nitrogens with zero attached hydrogens (tertiary/aromatic N) is 2. The number of nitriles is 1. The highest BCUT2D eigenvalue weighted by atomic mass is 16.5. The van der Waals surface area contributed by atoms with Crippen LogP contribution in [0.5, 0.6) is 5.75 Å². The summed E-state index contributed by atoms with van der Waals surface area (Å²) in [6, 6.07) is 12.7. The molecule has 1 aromatic heterocycles. The summed E-state index contributed by atoms with van der Waals surface area (Å²) in [5.41, 5.74) is 1.27. The van der Waals surface area contributed by atoms with Gasteiger partial charge in [-0.15, -0.1) is 0 Å². The van der Waals surface area contributed by atoms with E-state index >= 15 is 0 Å². The Morgan fingerprint density at radius 1 is 1.24 bits per heavy atom. The van der Waals surface area contributed by atoms with E-state index in [2.05, 4.69) is 4.98 Å². The van der Waals surface area contributed by atoms with Crippen molar-refractivity contribution >= 4 is 11.8 Å². The Balaban J connectivity index is 2.24. The van der Waals surface area contributed by atoms with Gasteiger partial charge in [0.05, 0.1) is 18.6 Å². The molecule has 0 aliphatic rings. The third-order valence-corrected chi connectivity index (χ3v) is 3.54. The monoisotopic (exact) mass is 338 g/mol. The topological polar surface area (TPSA) is 100 Å². The van der Waals surface area contributed by atoms with Gasteiger partial charge in [0.15, 0.2) is 17.2 Å². The number of Topliss-reactive ketones (excluding diaryl/α,β-unsaturated/α-hetero) is 1. The number of pyridine rings is 1. The number of aromatic hydroxyl groups is 1. The van der Waals surface area contributed by atoms with E-state index in [1.54, 1.807) is 13.0 Å². The van der Waals surface area contributed by atoms with Crippen molar-refractivity contribution < 1.29 is 19.4 Å². The summed E-state index contributed by atoms with van der Waals surface area (Å²) in [5.74, 6) is -1.36. The lowest BCUT2D eigenvalue weighted by molar-refractivity contribution is -0.143. The van der Waals surface area contributed by atoms with Crippen LogP contribution in [0.15, 0.2) is 36.4 Å². The number of carbonyl (C=O) groups excluding carboxylic acids is 2. The lowest BCUT2D eigenvalue weighted by Gasteiger charge is -2.09. The number of aromatic nitrogens is 1. The van der Waals surface area contributed by atoms with Gasteiger partial charge in [0.1, 0.15) is 6.07 Å². The molecule has 0 aliphatic heterocycles. The minimum Gasteiger partial charge on any atom is -0.504 e. The average molecular weight is 338 g/mol. The van der Waals surface area contributed by atoms with E-state index in [9.17, 15) is 14.7 Å². The van der Waals surface area contributed by atoms with Crippen molar-refractivity contribution in [1.29, 1.82) is 5.26 Å². The van der Waals surface area contributed by atoms with Gasteiger partial charge >= 0.3 is 5.97 Å². The maximum atomic E-state index is 12.3. The molecule has 0 fully saturated rings. The molecule has 25 heavy (non-hydrogen) atoms. The lowest BCUT2D eigenvalue weighted by Crippen LogP contribution is -2.09. The Morgan fingerprint density at radius 2 is 1.96 bits per heavy atom. The van der Waals surface area contributed by atoms with Crippen LogP contribution in [-0.2, 0) is 16.0 Å². The number of ether oxygens (including phenoxy) is 1. The van der Waals surface area contributed by atoms with E-state index in [0.717, 1.165) is 5.56 Å². The molecular weight excluding hydrogens is 320 g/mol. The molecule has 0 spiro atoms. The van der Waals surface area contributed by atoms with Crippen molar-refractivity contribution in [2.45, 2.75) is 26.2 Å². The van der Waals surface area contributed by atoms with Crippen LogP contribution < -0.4 is 0 Å². The van der Waals surface area contributed by atoms with Gasteiger partial charge in [-0.25, -0.2) is 4.98 Å². The van der Waals surface area contributed by atoms with Crippen molar-refractivity contribution in [3.63, 3.8) is 0 Å². The molecule has 0 bridgehead atoms. The Hall–Kier alpha value is -3.20. The first-order valence-corrected chi connectivity index (χ1v) is 7.90. The second kappa shape index (κ2) is 8.60. The van der Waals surface area contributed by atoms with Crippen molar-refractivity contribution in [2.24, 2.45) is 0 Å². The maximum absolute atomic E-state index is 12.3.